The molecular formula is C17H16ClN3OS. The van der Waals surface area contributed by atoms with Gasteiger partial charge < -0.3 is 14.8 Å². The van der Waals surface area contributed by atoms with Gasteiger partial charge in [0, 0.05) is 37.8 Å². The fraction of sp³-hybridized carbons (Fsp3) is 0.235. The number of aromatic nitrogens is 1. The first-order valence-electron chi connectivity index (χ1n) is 7.58. The smallest absolute Gasteiger partial charge is 0.256 e. The predicted molar refractivity (Wildman–Crippen MR) is 95.7 cm³/mol. The number of benzene rings is 1. The van der Waals surface area contributed by atoms with Crippen molar-refractivity contribution in [1.82, 2.24) is 9.88 Å². The lowest BCUT2D eigenvalue weighted by molar-refractivity contribution is 0.0749. The van der Waals surface area contributed by atoms with Gasteiger partial charge in [0.25, 0.3) is 5.91 Å². The Kier molecular flexibility index (Phi) is 3.75. The third-order valence-corrected chi connectivity index (χ3v) is 5.55. The molecule has 23 heavy (non-hydrogen) atoms. The van der Waals surface area contributed by atoms with E-state index in [0.29, 0.717) is 0 Å². The standard InChI is InChI=1S/C17H16ClN3OS/c18-14-4-5-15(23-14)20-8-10-21(11-9-20)17(22)13-3-1-2-12-6-7-19-16(12)13/h1-7,19H,8-11H2. The zero-order valence-corrected chi connectivity index (χ0v) is 14.0. The van der Waals surface area contributed by atoms with Gasteiger partial charge in [0.2, 0.25) is 0 Å². The van der Waals surface area contributed by atoms with Crippen molar-refractivity contribution in [2.45, 2.75) is 0 Å². The summed E-state index contributed by atoms with van der Waals surface area (Å²) in [5, 5.41) is 2.25. The van der Waals surface area contributed by atoms with Gasteiger partial charge in [-0.2, -0.15) is 0 Å². The number of hydrogen-bond acceptors (Lipinski definition) is 3. The Bertz CT molecular complexity index is 848. The maximum atomic E-state index is 12.8. The van der Waals surface area contributed by atoms with Crippen LogP contribution in [0.15, 0.2) is 42.6 Å². The zero-order chi connectivity index (χ0) is 15.8. The van der Waals surface area contributed by atoms with Crippen LogP contribution >= 0.6 is 22.9 Å². The summed E-state index contributed by atoms with van der Waals surface area (Å²) in [7, 11) is 0. The van der Waals surface area contributed by atoms with E-state index >= 15 is 0 Å². The predicted octanol–water partition coefficient (Wildman–Crippen LogP) is 3.85. The number of amides is 1. The molecule has 118 valence electrons. The Morgan fingerprint density at radius 1 is 1.09 bits per heavy atom. The summed E-state index contributed by atoms with van der Waals surface area (Å²) in [5.41, 5.74) is 1.67. The van der Waals surface area contributed by atoms with Gasteiger partial charge in [-0.05, 0) is 24.3 Å². The molecule has 0 bridgehead atoms. The molecule has 1 saturated heterocycles. The highest BCUT2D eigenvalue weighted by Crippen LogP contribution is 2.30. The molecule has 3 heterocycles. The van der Waals surface area contributed by atoms with Crippen LogP contribution in [0.2, 0.25) is 4.34 Å². The normalized spacial score (nSPS) is 15.3. The Morgan fingerprint density at radius 2 is 1.91 bits per heavy atom. The maximum Gasteiger partial charge on any atom is 0.256 e. The van der Waals surface area contributed by atoms with Gasteiger partial charge >= 0.3 is 0 Å². The fourth-order valence-corrected chi connectivity index (χ4v) is 4.12. The molecule has 3 aromatic rings. The molecule has 1 fully saturated rings. The molecule has 0 spiro atoms. The fourth-order valence-electron chi connectivity index (χ4n) is 3.04. The lowest BCUT2D eigenvalue weighted by Crippen LogP contribution is -2.48. The van der Waals surface area contributed by atoms with Gasteiger partial charge in [0.15, 0.2) is 0 Å². The molecule has 2 aromatic heterocycles. The number of nitrogens with zero attached hydrogens (tertiary/aromatic N) is 2. The van der Waals surface area contributed by atoms with Crippen molar-refractivity contribution < 1.29 is 4.79 Å². The van der Waals surface area contributed by atoms with Gasteiger partial charge in [-0.1, -0.05) is 23.7 Å². The molecule has 4 nitrogen and oxygen atoms in total. The van der Waals surface area contributed by atoms with Crippen molar-refractivity contribution in [2.24, 2.45) is 0 Å². The Morgan fingerprint density at radius 3 is 2.65 bits per heavy atom. The molecular weight excluding hydrogens is 330 g/mol. The van der Waals surface area contributed by atoms with Crippen molar-refractivity contribution in [2.75, 3.05) is 31.1 Å². The van der Waals surface area contributed by atoms with E-state index in [-0.39, 0.29) is 5.91 Å². The topological polar surface area (TPSA) is 39.3 Å². The van der Waals surface area contributed by atoms with Gasteiger partial charge in [-0.15, -0.1) is 11.3 Å². The van der Waals surface area contributed by atoms with Crippen LogP contribution in [0.1, 0.15) is 10.4 Å². The van der Waals surface area contributed by atoms with Crippen LogP contribution in [-0.2, 0) is 0 Å². The summed E-state index contributed by atoms with van der Waals surface area (Å²) >= 11 is 7.59. The molecule has 1 aliphatic rings. The van der Waals surface area contributed by atoms with Crippen molar-refractivity contribution >= 4 is 44.7 Å². The number of halogens is 1. The summed E-state index contributed by atoms with van der Waals surface area (Å²) in [6, 6.07) is 11.8. The summed E-state index contributed by atoms with van der Waals surface area (Å²) in [6.45, 7) is 3.13. The Labute approximate surface area is 143 Å². The average Bonchev–Trinajstić information content (AvgIpc) is 3.22. The summed E-state index contributed by atoms with van der Waals surface area (Å²) < 4.78 is 0.803. The molecule has 0 unspecified atom stereocenters. The van der Waals surface area contributed by atoms with E-state index in [1.165, 1.54) is 5.00 Å². The minimum atomic E-state index is 0.0990. The second kappa shape index (κ2) is 5.91. The first-order chi connectivity index (χ1) is 11.2. The second-order valence-corrected chi connectivity index (χ2v) is 7.30. The van der Waals surface area contributed by atoms with E-state index < -0.39 is 0 Å². The highest BCUT2D eigenvalue weighted by Gasteiger charge is 2.24. The van der Waals surface area contributed by atoms with E-state index in [4.69, 9.17) is 11.6 Å². The maximum absolute atomic E-state index is 12.8. The van der Waals surface area contributed by atoms with Gasteiger partial charge in [-0.3, -0.25) is 4.79 Å². The number of thiophene rings is 1. The number of H-pyrrole nitrogens is 1. The molecule has 0 aliphatic carbocycles. The molecule has 1 aromatic carbocycles. The molecule has 4 rings (SSSR count). The van der Waals surface area contributed by atoms with Crippen molar-refractivity contribution in [3.63, 3.8) is 0 Å². The highest BCUT2D eigenvalue weighted by molar-refractivity contribution is 7.19. The van der Waals surface area contributed by atoms with Gasteiger partial charge in [-0.25, -0.2) is 0 Å². The lowest BCUT2D eigenvalue weighted by Gasteiger charge is -2.35. The SMILES string of the molecule is O=C(c1cccc2cc[nH]c12)N1CCN(c2ccc(Cl)s2)CC1. The highest BCUT2D eigenvalue weighted by atomic mass is 35.5. The summed E-state index contributed by atoms with van der Waals surface area (Å²) in [5.74, 6) is 0.0990. The molecule has 0 radical (unpaired) electrons. The minimum absolute atomic E-state index is 0.0990. The van der Waals surface area contributed by atoms with Gasteiger partial charge in [0.1, 0.15) is 0 Å². The molecule has 0 atom stereocenters. The average molecular weight is 346 g/mol. The minimum Gasteiger partial charge on any atom is -0.361 e. The van der Waals surface area contributed by atoms with Crippen LogP contribution < -0.4 is 4.90 Å². The number of carbonyl (C=O) groups is 1. The first kappa shape index (κ1) is 14.6. The number of aromatic amines is 1. The van der Waals surface area contributed by atoms with Crippen molar-refractivity contribution in [3.05, 3.63) is 52.5 Å². The Hall–Kier alpha value is -1.98. The van der Waals surface area contributed by atoms with Crippen LogP contribution in [-0.4, -0.2) is 42.0 Å². The number of piperazine rings is 1. The summed E-state index contributed by atoms with van der Waals surface area (Å²) in [4.78, 5) is 20.2. The van der Waals surface area contributed by atoms with E-state index in [2.05, 4.69) is 9.88 Å². The number of fused-ring (bicyclic) bond motifs is 1. The molecule has 1 N–H and O–H groups in total. The van der Waals surface area contributed by atoms with Gasteiger partial charge in [0.05, 0.1) is 20.4 Å². The van der Waals surface area contributed by atoms with E-state index in [0.717, 1.165) is 47.0 Å². The van der Waals surface area contributed by atoms with E-state index in [1.807, 2.05) is 47.5 Å². The number of anilines is 1. The van der Waals surface area contributed by atoms with Crippen LogP contribution in [0.4, 0.5) is 5.00 Å². The lowest BCUT2D eigenvalue weighted by atomic mass is 10.1. The quantitative estimate of drug-likeness (QED) is 0.766. The first-order valence-corrected chi connectivity index (χ1v) is 8.77. The van der Waals surface area contributed by atoms with Crippen LogP contribution in [0.5, 0.6) is 0 Å². The molecule has 6 heteroatoms. The Balaban J connectivity index is 1.50. The molecule has 1 amide bonds. The summed E-state index contributed by atoms with van der Waals surface area (Å²) in [6.07, 6.45) is 1.87. The number of rotatable bonds is 2. The number of carbonyl (C=O) groups excluding carboxylic acids is 1. The third-order valence-electron chi connectivity index (χ3n) is 4.26. The third kappa shape index (κ3) is 2.71. The van der Waals surface area contributed by atoms with E-state index in [1.54, 1.807) is 11.3 Å². The molecule has 0 saturated carbocycles. The molecule has 1 aliphatic heterocycles. The number of para-hydroxylation sites is 1. The number of hydrogen-bond donors (Lipinski definition) is 1. The van der Waals surface area contributed by atoms with E-state index in [9.17, 15) is 4.79 Å². The second-order valence-electron chi connectivity index (χ2n) is 5.60. The van der Waals surface area contributed by atoms with Crippen LogP contribution in [0.25, 0.3) is 10.9 Å². The van der Waals surface area contributed by atoms with Crippen LogP contribution in [0, 0.1) is 0 Å². The number of nitrogens with one attached hydrogen (secondary N) is 1. The monoisotopic (exact) mass is 345 g/mol. The zero-order valence-electron chi connectivity index (χ0n) is 12.5. The van der Waals surface area contributed by atoms with Crippen molar-refractivity contribution in [3.8, 4) is 0 Å². The van der Waals surface area contributed by atoms with Crippen LogP contribution in [0.3, 0.4) is 0 Å². The largest absolute Gasteiger partial charge is 0.361 e. The van der Waals surface area contributed by atoms with Crippen molar-refractivity contribution in [1.29, 1.82) is 0 Å².